The Bertz CT molecular complexity index is 437. The molecule has 4 N–H and O–H groups in total. The maximum Gasteiger partial charge on any atom is 0.200 e. The second kappa shape index (κ2) is 6.12. The minimum atomic E-state index is -0.446. The van der Waals surface area contributed by atoms with Gasteiger partial charge in [0.25, 0.3) is 0 Å². The Hall–Kier alpha value is -1.46. The second-order valence-corrected chi connectivity index (χ2v) is 5.05. The van der Waals surface area contributed by atoms with Crippen LogP contribution in [-0.2, 0) is 6.54 Å². The maximum absolute atomic E-state index is 9.75. The Morgan fingerprint density at radius 1 is 1.26 bits per heavy atom. The first-order valence-corrected chi connectivity index (χ1v) is 6.80. The maximum atomic E-state index is 9.75. The molecule has 0 aliphatic carbocycles. The number of hydrogen-bond acceptors (Lipinski definition) is 5. The number of aromatic hydroxyl groups is 3. The van der Waals surface area contributed by atoms with E-state index in [1.807, 2.05) is 0 Å². The normalized spacial score (nSPS) is 20.6. The first kappa shape index (κ1) is 14.0. The van der Waals surface area contributed by atoms with E-state index in [1.165, 1.54) is 12.5 Å². The van der Waals surface area contributed by atoms with E-state index in [2.05, 4.69) is 17.1 Å². The van der Waals surface area contributed by atoms with E-state index in [9.17, 15) is 15.3 Å². The molecule has 0 amide bonds. The van der Waals surface area contributed by atoms with Crippen LogP contribution in [0.5, 0.6) is 17.2 Å². The van der Waals surface area contributed by atoms with Crippen molar-refractivity contribution in [1.29, 1.82) is 0 Å². The monoisotopic (exact) mass is 266 g/mol. The van der Waals surface area contributed by atoms with E-state index in [0.717, 1.165) is 26.1 Å². The van der Waals surface area contributed by atoms with Crippen LogP contribution in [0.2, 0.25) is 0 Å². The number of phenols is 3. The summed E-state index contributed by atoms with van der Waals surface area (Å²) in [6.07, 6.45) is 2.31. The predicted octanol–water partition coefficient (Wildman–Crippen LogP) is 1.38. The topological polar surface area (TPSA) is 76.0 Å². The largest absolute Gasteiger partial charge is 0.504 e. The minimum absolute atomic E-state index is 0.240. The van der Waals surface area contributed by atoms with Crippen LogP contribution in [0.4, 0.5) is 0 Å². The van der Waals surface area contributed by atoms with Crippen LogP contribution in [0.3, 0.4) is 0 Å². The molecule has 1 saturated heterocycles. The molecule has 0 saturated carbocycles. The molecule has 5 heteroatoms. The summed E-state index contributed by atoms with van der Waals surface area (Å²) in [5.41, 5.74) is 0.601. The lowest BCUT2D eigenvalue weighted by Gasteiger charge is -2.32. The number of piperidine rings is 1. The molecule has 2 rings (SSSR count). The number of hydrogen-bond donors (Lipinski definition) is 4. The van der Waals surface area contributed by atoms with Gasteiger partial charge in [-0.2, -0.15) is 0 Å². The van der Waals surface area contributed by atoms with Gasteiger partial charge in [0.05, 0.1) is 0 Å². The third-order valence-electron chi connectivity index (χ3n) is 3.75. The van der Waals surface area contributed by atoms with Gasteiger partial charge in [0.1, 0.15) is 0 Å². The molecule has 1 heterocycles. The van der Waals surface area contributed by atoms with Crippen molar-refractivity contribution in [3.63, 3.8) is 0 Å². The molecule has 19 heavy (non-hydrogen) atoms. The highest BCUT2D eigenvalue weighted by Gasteiger charge is 2.19. The van der Waals surface area contributed by atoms with E-state index in [0.29, 0.717) is 18.2 Å². The Morgan fingerprint density at radius 2 is 2.05 bits per heavy atom. The number of rotatable bonds is 4. The predicted molar refractivity (Wildman–Crippen MR) is 73.4 cm³/mol. The Morgan fingerprint density at radius 3 is 2.79 bits per heavy atom. The average molecular weight is 266 g/mol. The minimum Gasteiger partial charge on any atom is -0.504 e. The lowest BCUT2D eigenvalue weighted by atomic mass is 10.1. The third-order valence-corrected chi connectivity index (χ3v) is 3.75. The number of nitrogens with zero attached hydrogens (tertiary/aromatic N) is 1. The molecule has 0 bridgehead atoms. The van der Waals surface area contributed by atoms with Crippen LogP contribution in [0.25, 0.3) is 0 Å². The van der Waals surface area contributed by atoms with Gasteiger partial charge in [0, 0.05) is 24.7 Å². The zero-order valence-electron chi connectivity index (χ0n) is 11.3. The molecule has 1 unspecified atom stereocenters. The van der Waals surface area contributed by atoms with Crippen molar-refractivity contribution in [2.75, 3.05) is 19.6 Å². The summed E-state index contributed by atoms with van der Waals surface area (Å²) < 4.78 is 0. The number of likely N-dealkylation sites (tertiary alicyclic amines) is 1. The molecule has 0 spiro atoms. The molecule has 0 aromatic heterocycles. The molecule has 1 atom stereocenters. The molecular weight excluding hydrogens is 244 g/mol. The second-order valence-electron chi connectivity index (χ2n) is 5.05. The van der Waals surface area contributed by atoms with Gasteiger partial charge >= 0.3 is 0 Å². The lowest BCUT2D eigenvalue weighted by Crippen LogP contribution is -2.45. The molecule has 106 valence electrons. The van der Waals surface area contributed by atoms with Gasteiger partial charge in [-0.1, -0.05) is 13.0 Å². The van der Waals surface area contributed by atoms with Crippen molar-refractivity contribution < 1.29 is 15.3 Å². The molecule has 1 aliphatic rings. The van der Waals surface area contributed by atoms with Crippen LogP contribution in [0.1, 0.15) is 25.3 Å². The van der Waals surface area contributed by atoms with Gasteiger partial charge in [-0.15, -0.1) is 0 Å². The number of nitrogens with one attached hydrogen (secondary N) is 1. The van der Waals surface area contributed by atoms with E-state index in [4.69, 9.17) is 0 Å². The van der Waals surface area contributed by atoms with Crippen molar-refractivity contribution in [1.82, 2.24) is 10.2 Å². The fraction of sp³-hybridized carbons (Fsp3) is 0.571. The summed E-state index contributed by atoms with van der Waals surface area (Å²) in [6.45, 7) is 5.87. The van der Waals surface area contributed by atoms with Crippen molar-refractivity contribution in [2.45, 2.75) is 32.4 Å². The van der Waals surface area contributed by atoms with Gasteiger partial charge in [-0.25, -0.2) is 0 Å². The summed E-state index contributed by atoms with van der Waals surface area (Å²) in [6, 6.07) is 3.42. The number of benzene rings is 1. The molecule has 1 fully saturated rings. The summed E-state index contributed by atoms with van der Waals surface area (Å²) in [5, 5.41) is 31.9. The molecule has 5 nitrogen and oxygen atoms in total. The average Bonchev–Trinajstić information content (AvgIpc) is 2.44. The van der Waals surface area contributed by atoms with E-state index < -0.39 is 5.75 Å². The van der Waals surface area contributed by atoms with Crippen molar-refractivity contribution in [3.8, 4) is 17.2 Å². The Balaban J connectivity index is 1.93. The van der Waals surface area contributed by atoms with E-state index >= 15 is 0 Å². The summed E-state index contributed by atoms with van der Waals surface area (Å²) >= 11 is 0. The van der Waals surface area contributed by atoms with Crippen molar-refractivity contribution in [2.24, 2.45) is 0 Å². The Labute approximate surface area is 113 Å². The van der Waals surface area contributed by atoms with Gasteiger partial charge in [0.2, 0.25) is 5.75 Å². The first-order valence-electron chi connectivity index (χ1n) is 6.80. The first-order chi connectivity index (χ1) is 9.11. The quantitative estimate of drug-likeness (QED) is 0.619. The highest BCUT2D eigenvalue weighted by molar-refractivity contribution is 5.53. The smallest absolute Gasteiger partial charge is 0.200 e. The van der Waals surface area contributed by atoms with E-state index in [1.54, 1.807) is 6.07 Å². The van der Waals surface area contributed by atoms with Crippen LogP contribution in [0, 0.1) is 0 Å². The Kier molecular flexibility index (Phi) is 4.50. The highest BCUT2D eigenvalue weighted by Crippen LogP contribution is 2.36. The van der Waals surface area contributed by atoms with Crippen LogP contribution < -0.4 is 5.32 Å². The van der Waals surface area contributed by atoms with E-state index in [-0.39, 0.29) is 11.5 Å². The molecule has 1 aliphatic heterocycles. The number of phenolic OH excluding ortho intramolecular Hbond substituents is 3. The van der Waals surface area contributed by atoms with Crippen LogP contribution in [0.15, 0.2) is 12.1 Å². The highest BCUT2D eigenvalue weighted by atomic mass is 16.3. The van der Waals surface area contributed by atoms with Gasteiger partial charge in [0.15, 0.2) is 11.5 Å². The van der Waals surface area contributed by atoms with Crippen LogP contribution in [-0.4, -0.2) is 45.9 Å². The fourth-order valence-electron chi connectivity index (χ4n) is 2.52. The molecule has 1 aromatic rings. The number of likely N-dealkylation sites (N-methyl/N-ethyl adjacent to an activating group) is 1. The zero-order valence-corrected chi connectivity index (χ0v) is 11.3. The lowest BCUT2D eigenvalue weighted by molar-refractivity contribution is 0.198. The third kappa shape index (κ3) is 3.30. The molecule has 1 aromatic carbocycles. The molecule has 0 radical (unpaired) electrons. The SMILES string of the molecule is CCN1CCCC(NCc2ccc(O)c(O)c2O)C1. The fourth-order valence-corrected chi connectivity index (χ4v) is 2.52. The molecular formula is C14H22N2O3. The van der Waals surface area contributed by atoms with Crippen molar-refractivity contribution >= 4 is 0 Å². The summed E-state index contributed by atoms with van der Waals surface area (Å²) in [4.78, 5) is 2.40. The summed E-state index contributed by atoms with van der Waals surface area (Å²) in [7, 11) is 0. The van der Waals surface area contributed by atoms with Gasteiger partial charge < -0.3 is 25.5 Å². The standard InChI is InChI=1S/C14H22N2O3/c1-2-16-7-3-4-11(9-16)15-8-10-5-6-12(17)14(19)13(10)18/h5-6,11,15,17-19H,2-4,7-9H2,1H3. The van der Waals surface area contributed by atoms with Gasteiger partial charge in [-0.3, -0.25) is 0 Å². The van der Waals surface area contributed by atoms with Crippen LogP contribution >= 0.6 is 0 Å². The van der Waals surface area contributed by atoms with Crippen molar-refractivity contribution in [3.05, 3.63) is 17.7 Å². The zero-order chi connectivity index (χ0) is 13.8. The summed E-state index contributed by atoms with van der Waals surface area (Å²) in [5.74, 6) is -0.982. The van der Waals surface area contributed by atoms with Gasteiger partial charge in [-0.05, 0) is 32.0 Å².